The molecule has 2 aromatic rings. The molecule has 0 bridgehead atoms. The van der Waals surface area contributed by atoms with E-state index in [1.165, 1.54) is 7.11 Å². The maximum absolute atomic E-state index is 10.3. The molecule has 1 atom stereocenters. The van der Waals surface area contributed by atoms with Gasteiger partial charge < -0.3 is 9.84 Å². The molecule has 0 aliphatic heterocycles. The lowest BCUT2D eigenvalue weighted by atomic mass is 10.1. The molecule has 2 rings (SSSR count). The minimum absolute atomic E-state index is 0.427. The standard InChI is InChI=1S/C13H17BrN4O2/c1-4-18-10(13(14)8(2)17-18)7-11(19)9-5-6-12(20-3)16-15-9/h5-6,11,19H,4,7H2,1-3H3. The van der Waals surface area contributed by atoms with Gasteiger partial charge in [0.05, 0.1) is 28.7 Å². The monoisotopic (exact) mass is 340 g/mol. The van der Waals surface area contributed by atoms with Gasteiger partial charge in [-0.25, -0.2) is 0 Å². The number of halogens is 1. The van der Waals surface area contributed by atoms with Gasteiger partial charge in [-0.05, 0) is 35.8 Å². The van der Waals surface area contributed by atoms with Crippen molar-refractivity contribution < 1.29 is 9.84 Å². The van der Waals surface area contributed by atoms with Crippen LogP contribution in [0.5, 0.6) is 5.88 Å². The number of rotatable bonds is 5. The summed E-state index contributed by atoms with van der Waals surface area (Å²) in [6, 6.07) is 3.40. The van der Waals surface area contributed by atoms with Gasteiger partial charge in [-0.3, -0.25) is 4.68 Å². The van der Waals surface area contributed by atoms with Crippen LogP contribution in [0, 0.1) is 6.92 Å². The molecule has 1 N–H and O–H groups in total. The molecular formula is C13H17BrN4O2. The lowest BCUT2D eigenvalue weighted by Crippen LogP contribution is -2.10. The van der Waals surface area contributed by atoms with E-state index in [0.29, 0.717) is 18.0 Å². The van der Waals surface area contributed by atoms with Gasteiger partial charge in [-0.1, -0.05) is 0 Å². The van der Waals surface area contributed by atoms with Gasteiger partial charge in [-0.2, -0.15) is 5.10 Å². The lowest BCUT2D eigenvalue weighted by Gasteiger charge is -2.11. The van der Waals surface area contributed by atoms with Gasteiger partial charge in [0.1, 0.15) is 6.10 Å². The highest BCUT2D eigenvalue weighted by atomic mass is 79.9. The Kier molecular flexibility index (Phi) is 4.72. The number of aromatic nitrogens is 4. The Morgan fingerprint density at radius 2 is 2.15 bits per heavy atom. The molecular weight excluding hydrogens is 324 g/mol. The molecule has 0 fully saturated rings. The molecule has 0 amide bonds. The molecule has 0 aromatic carbocycles. The van der Waals surface area contributed by atoms with Crippen molar-refractivity contribution >= 4 is 15.9 Å². The Hall–Kier alpha value is -1.47. The molecule has 108 valence electrons. The second-order valence-electron chi connectivity index (χ2n) is 4.38. The molecule has 7 heteroatoms. The number of aliphatic hydroxyl groups is 1. The maximum Gasteiger partial charge on any atom is 0.233 e. The van der Waals surface area contributed by atoms with Crippen molar-refractivity contribution in [2.24, 2.45) is 0 Å². The van der Waals surface area contributed by atoms with Gasteiger partial charge in [0.25, 0.3) is 0 Å². The van der Waals surface area contributed by atoms with Crippen molar-refractivity contribution in [2.75, 3.05) is 7.11 Å². The zero-order chi connectivity index (χ0) is 14.7. The molecule has 0 aliphatic carbocycles. The predicted octanol–water partition coefficient (Wildman–Crippen LogP) is 2.05. The number of hydrogen-bond acceptors (Lipinski definition) is 5. The largest absolute Gasteiger partial charge is 0.480 e. The smallest absolute Gasteiger partial charge is 0.233 e. The summed E-state index contributed by atoms with van der Waals surface area (Å²) in [6.45, 7) is 4.70. The third kappa shape index (κ3) is 2.99. The second kappa shape index (κ2) is 6.32. The molecule has 0 spiro atoms. The fourth-order valence-electron chi connectivity index (χ4n) is 1.97. The van der Waals surface area contributed by atoms with Crippen molar-refractivity contribution in [3.63, 3.8) is 0 Å². The molecule has 20 heavy (non-hydrogen) atoms. The van der Waals surface area contributed by atoms with E-state index in [2.05, 4.69) is 31.2 Å². The third-order valence-electron chi connectivity index (χ3n) is 3.05. The molecule has 0 radical (unpaired) electrons. The number of nitrogens with zero attached hydrogens (tertiary/aromatic N) is 4. The van der Waals surface area contributed by atoms with Gasteiger partial charge in [0.2, 0.25) is 5.88 Å². The van der Waals surface area contributed by atoms with E-state index in [4.69, 9.17) is 4.74 Å². The Balaban J connectivity index is 2.20. The summed E-state index contributed by atoms with van der Waals surface area (Å²) in [5, 5.41) is 22.5. The zero-order valence-corrected chi connectivity index (χ0v) is 13.3. The summed E-state index contributed by atoms with van der Waals surface area (Å²) in [6.07, 6.45) is -0.304. The Morgan fingerprint density at radius 3 is 2.70 bits per heavy atom. The summed E-state index contributed by atoms with van der Waals surface area (Å²) < 4.78 is 7.75. The van der Waals surface area contributed by atoms with E-state index in [1.54, 1.807) is 12.1 Å². The molecule has 0 saturated heterocycles. The first-order valence-electron chi connectivity index (χ1n) is 6.34. The summed E-state index contributed by atoms with van der Waals surface area (Å²) in [5.41, 5.74) is 2.38. The van der Waals surface area contributed by atoms with Crippen molar-refractivity contribution in [3.05, 3.63) is 33.7 Å². The molecule has 2 heterocycles. The van der Waals surface area contributed by atoms with Gasteiger partial charge in [0.15, 0.2) is 0 Å². The number of aryl methyl sites for hydroxylation is 2. The Labute approximate surface area is 125 Å². The van der Waals surface area contributed by atoms with E-state index >= 15 is 0 Å². The highest BCUT2D eigenvalue weighted by Gasteiger charge is 2.18. The minimum Gasteiger partial charge on any atom is -0.480 e. The molecule has 1 unspecified atom stereocenters. The first-order chi connectivity index (χ1) is 9.56. The highest BCUT2D eigenvalue weighted by molar-refractivity contribution is 9.10. The van der Waals surface area contributed by atoms with Crippen LogP contribution in [0.25, 0.3) is 0 Å². The second-order valence-corrected chi connectivity index (χ2v) is 5.18. The van der Waals surface area contributed by atoms with E-state index in [1.807, 2.05) is 18.5 Å². The van der Waals surface area contributed by atoms with Gasteiger partial charge in [0, 0.05) is 19.0 Å². The molecule has 0 saturated carbocycles. The fourth-order valence-corrected chi connectivity index (χ4v) is 2.41. The van der Waals surface area contributed by atoms with Crippen molar-refractivity contribution in [1.82, 2.24) is 20.0 Å². The van der Waals surface area contributed by atoms with Crippen LogP contribution < -0.4 is 4.74 Å². The van der Waals surface area contributed by atoms with Crippen LogP contribution in [0.1, 0.15) is 30.1 Å². The maximum atomic E-state index is 10.3. The first-order valence-corrected chi connectivity index (χ1v) is 7.13. The highest BCUT2D eigenvalue weighted by Crippen LogP contribution is 2.26. The van der Waals surface area contributed by atoms with Crippen LogP contribution in [-0.4, -0.2) is 32.2 Å². The topological polar surface area (TPSA) is 73.1 Å². The molecule has 2 aromatic heterocycles. The minimum atomic E-state index is -0.730. The van der Waals surface area contributed by atoms with E-state index in [-0.39, 0.29) is 0 Å². The van der Waals surface area contributed by atoms with Gasteiger partial charge >= 0.3 is 0 Å². The Morgan fingerprint density at radius 1 is 1.40 bits per heavy atom. The van der Waals surface area contributed by atoms with Crippen molar-refractivity contribution in [2.45, 2.75) is 32.9 Å². The van der Waals surface area contributed by atoms with E-state index < -0.39 is 6.10 Å². The lowest BCUT2D eigenvalue weighted by molar-refractivity contribution is 0.169. The number of aliphatic hydroxyl groups excluding tert-OH is 1. The summed E-state index contributed by atoms with van der Waals surface area (Å²) in [4.78, 5) is 0. The first kappa shape index (κ1) is 14.9. The number of hydrogen-bond donors (Lipinski definition) is 1. The summed E-state index contributed by atoms with van der Waals surface area (Å²) in [5.74, 6) is 0.427. The van der Waals surface area contributed by atoms with Crippen molar-refractivity contribution in [1.29, 1.82) is 0 Å². The quantitative estimate of drug-likeness (QED) is 0.901. The Bertz CT molecular complexity index is 583. The number of ether oxygens (including phenoxy) is 1. The van der Waals surface area contributed by atoms with E-state index in [0.717, 1.165) is 22.4 Å². The average molecular weight is 341 g/mol. The third-order valence-corrected chi connectivity index (χ3v) is 4.08. The van der Waals surface area contributed by atoms with E-state index in [9.17, 15) is 5.11 Å². The summed E-state index contributed by atoms with van der Waals surface area (Å²) >= 11 is 3.52. The average Bonchev–Trinajstić information content (AvgIpc) is 2.75. The fraction of sp³-hybridized carbons (Fsp3) is 0.462. The van der Waals surface area contributed by atoms with Crippen LogP contribution in [0.2, 0.25) is 0 Å². The van der Waals surface area contributed by atoms with Crippen LogP contribution in [0.15, 0.2) is 16.6 Å². The predicted molar refractivity (Wildman–Crippen MR) is 77.6 cm³/mol. The SMILES string of the molecule is CCn1nc(C)c(Br)c1CC(O)c1ccc(OC)nn1. The van der Waals surface area contributed by atoms with Crippen LogP contribution in [0.3, 0.4) is 0 Å². The molecule has 0 aliphatic rings. The van der Waals surface area contributed by atoms with Crippen LogP contribution in [0.4, 0.5) is 0 Å². The van der Waals surface area contributed by atoms with Crippen LogP contribution >= 0.6 is 15.9 Å². The van der Waals surface area contributed by atoms with Gasteiger partial charge in [-0.15, -0.1) is 10.2 Å². The molecule has 6 nitrogen and oxygen atoms in total. The summed E-state index contributed by atoms with van der Waals surface area (Å²) in [7, 11) is 1.53. The normalized spacial score (nSPS) is 12.4. The van der Waals surface area contributed by atoms with Crippen molar-refractivity contribution in [3.8, 4) is 5.88 Å². The zero-order valence-electron chi connectivity index (χ0n) is 11.7. The van der Waals surface area contributed by atoms with Crippen LogP contribution in [-0.2, 0) is 13.0 Å². The number of methoxy groups -OCH3 is 1.